The smallest absolute Gasteiger partial charge is 0.0877 e. The first kappa shape index (κ1) is 14.2. The van der Waals surface area contributed by atoms with E-state index in [-0.39, 0.29) is 11.6 Å². The van der Waals surface area contributed by atoms with Gasteiger partial charge in [0.15, 0.2) is 0 Å². The van der Waals surface area contributed by atoms with Crippen molar-refractivity contribution >= 4 is 5.69 Å². The maximum absolute atomic E-state index is 6.00. The molecule has 0 bridgehead atoms. The highest BCUT2D eigenvalue weighted by atomic mass is 16.5. The lowest BCUT2D eigenvalue weighted by molar-refractivity contribution is -0.109. The van der Waals surface area contributed by atoms with Crippen LogP contribution in [-0.2, 0) is 15.9 Å². The molecule has 0 aromatic carbocycles. The third kappa shape index (κ3) is 3.05. The second-order valence-electron chi connectivity index (χ2n) is 5.00. The number of aromatic nitrogens is 1. The van der Waals surface area contributed by atoms with E-state index in [1.807, 2.05) is 19.3 Å². The number of methoxy groups -OCH3 is 1. The quantitative estimate of drug-likeness (QED) is 0.831. The van der Waals surface area contributed by atoms with Crippen molar-refractivity contribution in [1.29, 1.82) is 0 Å². The summed E-state index contributed by atoms with van der Waals surface area (Å²) in [6.07, 6.45) is 6.16. The highest BCUT2D eigenvalue weighted by Crippen LogP contribution is 2.30. The van der Waals surface area contributed by atoms with Crippen LogP contribution in [-0.4, -0.2) is 44.0 Å². The lowest BCUT2D eigenvalue weighted by atomic mass is 9.82. The molecule has 0 amide bonds. The van der Waals surface area contributed by atoms with Crippen LogP contribution in [0.3, 0.4) is 0 Å². The highest BCUT2D eigenvalue weighted by Gasteiger charge is 2.40. The molecule has 1 aliphatic rings. The molecule has 1 saturated heterocycles. The molecule has 1 fully saturated rings. The summed E-state index contributed by atoms with van der Waals surface area (Å²) in [5, 5.41) is 3.38. The number of nitrogens with one attached hydrogen (secondary N) is 1. The Balaban J connectivity index is 2.17. The Morgan fingerprint density at radius 2 is 2.26 bits per heavy atom. The maximum atomic E-state index is 6.00. The molecule has 2 heterocycles. The average molecular weight is 265 g/mol. The number of nitrogen functional groups attached to an aromatic ring is 1. The molecule has 0 aliphatic carbocycles. The number of nitrogens with two attached hydrogens (primary N) is 1. The van der Waals surface area contributed by atoms with Crippen LogP contribution in [0.4, 0.5) is 5.69 Å². The molecule has 106 valence electrons. The first-order chi connectivity index (χ1) is 9.22. The van der Waals surface area contributed by atoms with Crippen LogP contribution in [0.15, 0.2) is 18.5 Å². The number of hydrogen-bond donors (Lipinski definition) is 2. The van der Waals surface area contributed by atoms with E-state index < -0.39 is 0 Å². The lowest BCUT2D eigenvalue weighted by Crippen LogP contribution is -2.55. The van der Waals surface area contributed by atoms with Gasteiger partial charge in [0, 0.05) is 57.3 Å². The Morgan fingerprint density at radius 3 is 2.84 bits per heavy atom. The number of hydrogen-bond acceptors (Lipinski definition) is 5. The van der Waals surface area contributed by atoms with Crippen LogP contribution in [0.25, 0.3) is 0 Å². The van der Waals surface area contributed by atoms with Crippen LogP contribution in [0, 0.1) is 0 Å². The summed E-state index contributed by atoms with van der Waals surface area (Å²) in [6, 6.07) is 2.04. The molecule has 1 atom stereocenters. The van der Waals surface area contributed by atoms with E-state index in [1.54, 1.807) is 13.3 Å². The van der Waals surface area contributed by atoms with E-state index in [4.69, 9.17) is 15.2 Å². The van der Waals surface area contributed by atoms with Gasteiger partial charge in [-0.15, -0.1) is 0 Å². The standard InChI is InChI=1S/C14H23N3O2/c1-16-13(9-11-10-17-6-3-12(11)15)14(18-2)4-7-19-8-5-14/h3,6,10,13,16H,4-5,7-9H2,1-2H3,(H2,15,17). The summed E-state index contributed by atoms with van der Waals surface area (Å²) in [7, 11) is 3.75. The second-order valence-corrected chi connectivity index (χ2v) is 5.00. The summed E-state index contributed by atoms with van der Waals surface area (Å²) < 4.78 is 11.3. The van der Waals surface area contributed by atoms with Gasteiger partial charge >= 0.3 is 0 Å². The van der Waals surface area contributed by atoms with E-state index in [0.717, 1.165) is 43.7 Å². The predicted octanol–water partition coefficient (Wildman–Crippen LogP) is 0.990. The topological polar surface area (TPSA) is 69.4 Å². The van der Waals surface area contributed by atoms with Gasteiger partial charge in [-0.3, -0.25) is 4.98 Å². The summed E-state index contributed by atoms with van der Waals surface area (Å²) in [5.41, 5.74) is 7.66. The zero-order valence-electron chi connectivity index (χ0n) is 11.7. The molecule has 2 rings (SSSR count). The van der Waals surface area contributed by atoms with Crippen LogP contribution in [0.2, 0.25) is 0 Å². The van der Waals surface area contributed by atoms with E-state index in [1.165, 1.54) is 0 Å². The van der Waals surface area contributed by atoms with E-state index >= 15 is 0 Å². The summed E-state index contributed by atoms with van der Waals surface area (Å²) >= 11 is 0. The van der Waals surface area contributed by atoms with Gasteiger partial charge in [0.25, 0.3) is 0 Å². The molecule has 19 heavy (non-hydrogen) atoms. The van der Waals surface area contributed by atoms with Crippen LogP contribution >= 0.6 is 0 Å². The first-order valence-corrected chi connectivity index (χ1v) is 6.70. The molecule has 1 aromatic rings. The van der Waals surface area contributed by atoms with Gasteiger partial charge in [-0.2, -0.15) is 0 Å². The van der Waals surface area contributed by atoms with Crippen molar-refractivity contribution in [2.24, 2.45) is 0 Å². The molecular formula is C14H23N3O2. The fraction of sp³-hybridized carbons (Fsp3) is 0.643. The molecule has 0 radical (unpaired) electrons. The minimum atomic E-state index is -0.185. The molecular weight excluding hydrogens is 242 g/mol. The fourth-order valence-corrected chi connectivity index (χ4v) is 2.79. The number of likely N-dealkylation sites (N-methyl/N-ethyl adjacent to an activating group) is 1. The average Bonchev–Trinajstić information content (AvgIpc) is 2.47. The minimum absolute atomic E-state index is 0.185. The van der Waals surface area contributed by atoms with Crippen LogP contribution in [0.5, 0.6) is 0 Å². The van der Waals surface area contributed by atoms with Gasteiger partial charge in [-0.25, -0.2) is 0 Å². The zero-order chi connectivity index (χ0) is 13.7. The Labute approximate surface area is 114 Å². The van der Waals surface area contributed by atoms with Crippen molar-refractivity contribution in [2.45, 2.75) is 30.9 Å². The maximum Gasteiger partial charge on any atom is 0.0877 e. The van der Waals surface area contributed by atoms with Crippen LogP contribution in [0.1, 0.15) is 18.4 Å². The largest absolute Gasteiger partial charge is 0.398 e. The molecule has 1 unspecified atom stereocenters. The Bertz CT molecular complexity index is 405. The molecule has 1 aromatic heterocycles. The van der Waals surface area contributed by atoms with Gasteiger partial charge < -0.3 is 20.5 Å². The zero-order valence-corrected chi connectivity index (χ0v) is 11.7. The molecule has 1 aliphatic heterocycles. The van der Waals surface area contributed by atoms with Crippen molar-refractivity contribution in [2.75, 3.05) is 33.1 Å². The number of anilines is 1. The molecule has 5 heteroatoms. The highest BCUT2D eigenvalue weighted by molar-refractivity contribution is 5.44. The van der Waals surface area contributed by atoms with Gasteiger partial charge in [0.05, 0.1) is 5.60 Å². The molecule has 3 N–H and O–H groups in total. The number of rotatable bonds is 5. The summed E-state index contributed by atoms with van der Waals surface area (Å²) in [6.45, 7) is 1.49. The second kappa shape index (κ2) is 6.32. The van der Waals surface area contributed by atoms with Crippen molar-refractivity contribution < 1.29 is 9.47 Å². The van der Waals surface area contributed by atoms with Crippen molar-refractivity contribution in [3.05, 3.63) is 24.0 Å². The normalized spacial score (nSPS) is 20.1. The fourth-order valence-electron chi connectivity index (χ4n) is 2.79. The van der Waals surface area contributed by atoms with E-state index in [0.29, 0.717) is 0 Å². The third-order valence-electron chi connectivity index (χ3n) is 4.09. The molecule has 5 nitrogen and oxygen atoms in total. The van der Waals surface area contributed by atoms with Crippen molar-refractivity contribution in [3.63, 3.8) is 0 Å². The molecule has 0 spiro atoms. The van der Waals surface area contributed by atoms with Gasteiger partial charge in [0.2, 0.25) is 0 Å². The van der Waals surface area contributed by atoms with Crippen molar-refractivity contribution in [3.8, 4) is 0 Å². The number of nitrogens with zero attached hydrogens (tertiary/aromatic N) is 1. The first-order valence-electron chi connectivity index (χ1n) is 6.70. The van der Waals surface area contributed by atoms with Gasteiger partial charge in [-0.1, -0.05) is 0 Å². The monoisotopic (exact) mass is 265 g/mol. The number of ether oxygens (including phenoxy) is 2. The lowest BCUT2D eigenvalue weighted by Gasteiger charge is -2.42. The SMILES string of the molecule is CNC(Cc1cnccc1N)C1(OC)CCOCC1. The summed E-state index contributed by atoms with van der Waals surface area (Å²) in [4.78, 5) is 4.15. The Kier molecular flexibility index (Phi) is 4.74. The Morgan fingerprint density at radius 1 is 1.53 bits per heavy atom. The van der Waals surface area contributed by atoms with E-state index in [9.17, 15) is 0 Å². The van der Waals surface area contributed by atoms with Gasteiger partial charge in [0.1, 0.15) is 0 Å². The van der Waals surface area contributed by atoms with E-state index in [2.05, 4.69) is 10.3 Å². The number of pyridine rings is 1. The third-order valence-corrected chi connectivity index (χ3v) is 4.09. The van der Waals surface area contributed by atoms with Crippen molar-refractivity contribution in [1.82, 2.24) is 10.3 Å². The minimum Gasteiger partial charge on any atom is -0.398 e. The van der Waals surface area contributed by atoms with Crippen LogP contribution < -0.4 is 11.1 Å². The Hall–Kier alpha value is -1.17. The summed E-state index contributed by atoms with van der Waals surface area (Å²) in [5.74, 6) is 0. The predicted molar refractivity (Wildman–Crippen MR) is 75.0 cm³/mol. The molecule has 0 saturated carbocycles. The van der Waals surface area contributed by atoms with Gasteiger partial charge in [-0.05, 0) is 25.1 Å².